The summed E-state index contributed by atoms with van der Waals surface area (Å²) in [5.41, 5.74) is 2.04. The maximum absolute atomic E-state index is 5.32. The summed E-state index contributed by atoms with van der Waals surface area (Å²) in [6.07, 6.45) is 6.50. The first-order chi connectivity index (χ1) is 6.72. The summed E-state index contributed by atoms with van der Waals surface area (Å²) >= 11 is 0. The minimum Gasteiger partial charge on any atom is -0.385 e. The van der Waals surface area contributed by atoms with Crippen LogP contribution in [0.25, 0.3) is 0 Å². The molecule has 0 aliphatic carbocycles. The van der Waals surface area contributed by atoms with Crippen LogP contribution in [0.2, 0.25) is 0 Å². The molecule has 0 bridgehead atoms. The van der Waals surface area contributed by atoms with E-state index >= 15 is 0 Å². The number of hydrogen-bond donors (Lipinski definition) is 1. The van der Waals surface area contributed by atoms with Gasteiger partial charge in [-0.1, -0.05) is 25.8 Å². The summed E-state index contributed by atoms with van der Waals surface area (Å²) in [6.45, 7) is 5.45. The molecular formula is C13H17N. The van der Waals surface area contributed by atoms with Crippen molar-refractivity contribution in [1.82, 2.24) is 0 Å². The number of benzene rings is 1. The Hall–Kier alpha value is -1.42. The van der Waals surface area contributed by atoms with E-state index in [1.165, 1.54) is 6.42 Å². The van der Waals surface area contributed by atoms with Gasteiger partial charge in [-0.3, -0.25) is 0 Å². The molecule has 0 heterocycles. The summed E-state index contributed by atoms with van der Waals surface area (Å²) in [4.78, 5) is 0. The number of nitrogens with one attached hydrogen (secondary N) is 1. The normalized spacial score (nSPS) is 9.86. The molecule has 0 aromatic heterocycles. The van der Waals surface area contributed by atoms with Gasteiger partial charge in [0, 0.05) is 17.8 Å². The zero-order chi connectivity index (χ0) is 10.4. The lowest BCUT2D eigenvalue weighted by Crippen LogP contribution is -2.04. The van der Waals surface area contributed by atoms with E-state index < -0.39 is 0 Å². The molecular weight excluding hydrogens is 170 g/mol. The molecule has 1 nitrogen and oxygen atoms in total. The van der Waals surface area contributed by atoms with E-state index in [2.05, 4.69) is 25.1 Å². The SMILES string of the molecule is C#Cc1cccc(NCCC(C)C)c1. The van der Waals surface area contributed by atoms with Gasteiger partial charge in [0.15, 0.2) is 0 Å². The van der Waals surface area contributed by atoms with Gasteiger partial charge in [0.25, 0.3) is 0 Å². The Kier molecular flexibility index (Phi) is 4.07. The zero-order valence-electron chi connectivity index (χ0n) is 8.88. The first-order valence-corrected chi connectivity index (χ1v) is 5.03. The van der Waals surface area contributed by atoms with Crippen LogP contribution in [0.1, 0.15) is 25.8 Å². The Bertz CT molecular complexity index is 320. The van der Waals surface area contributed by atoms with Crippen molar-refractivity contribution < 1.29 is 0 Å². The Labute approximate surface area is 86.5 Å². The van der Waals surface area contributed by atoms with Crippen molar-refractivity contribution in [1.29, 1.82) is 0 Å². The van der Waals surface area contributed by atoms with E-state index in [4.69, 9.17) is 6.42 Å². The molecule has 0 saturated heterocycles. The van der Waals surface area contributed by atoms with E-state index in [0.717, 1.165) is 23.7 Å². The fraction of sp³-hybridized carbons (Fsp3) is 0.385. The summed E-state index contributed by atoms with van der Waals surface area (Å²) in [5.74, 6) is 3.36. The number of hydrogen-bond acceptors (Lipinski definition) is 1. The molecule has 1 aromatic rings. The highest BCUT2D eigenvalue weighted by atomic mass is 14.9. The molecule has 0 radical (unpaired) electrons. The van der Waals surface area contributed by atoms with Gasteiger partial charge < -0.3 is 5.32 Å². The topological polar surface area (TPSA) is 12.0 Å². The van der Waals surface area contributed by atoms with Crippen LogP contribution < -0.4 is 5.32 Å². The molecule has 0 unspecified atom stereocenters. The van der Waals surface area contributed by atoms with Gasteiger partial charge in [-0.25, -0.2) is 0 Å². The van der Waals surface area contributed by atoms with Crippen LogP contribution in [0.15, 0.2) is 24.3 Å². The summed E-state index contributed by atoms with van der Waals surface area (Å²) < 4.78 is 0. The van der Waals surface area contributed by atoms with Crippen molar-refractivity contribution in [3.05, 3.63) is 29.8 Å². The Morgan fingerprint density at radius 2 is 2.21 bits per heavy atom. The van der Waals surface area contributed by atoms with Gasteiger partial charge >= 0.3 is 0 Å². The second-order valence-electron chi connectivity index (χ2n) is 3.83. The van der Waals surface area contributed by atoms with Crippen LogP contribution in [0.4, 0.5) is 5.69 Å². The fourth-order valence-electron chi connectivity index (χ4n) is 1.22. The van der Waals surface area contributed by atoms with Gasteiger partial charge in [0.2, 0.25) is 0 Å². The van der Waals surface area contributed by atoms with Crippen molar-refractivity contribution in [2.24, 2.45) is 5.92 Å². The van der Waals surface area contributed by atoms with Crippen LogP contribution in [0.3, 0.4) is 0 Å². The second kappa shape index (κ2) is 5.34. The molecule has 74 valence electrons. The standard InChI is InChI=1S/C13H17N/c1-4-12-6-5-7-13(10-12)14-9-8-11(2)3/h1,5-7,10-11,14H,8-9H2,2-3H3. The summed E-state index contributed by atoms with van der Waals surface area (Å²) in [6, 6.07) is 7.96. The van der Waals surface area contributed by atoms with Gasteiger partial charge in [-0.2, -0.15) is 0 Å². The monoisotopic (exact) mass is 187 g/mol. The predicted octanol–water partition coefficient (Wildman–Crippen LogP) is 3.13. The molecule has 0 fully saturated rings. The van der Waals surface area contributed by atoms with Crippen LogP contribution in [-0.4, -0.2) is 6.54 Å². The van der Waals surface area contributed by atoms with E-state index in [9.17, 15) is 0 Å². The molecule has 1 heteroatoms. The molecule has 1 N–H and O–H groups in total. The Balaban J connectivity index is 2.47. The third kappa shape index (κ3) is 3.53. The second-order valence-corrected chi connectivity index (χ2v) is 3.83. The average molecular weight is 187 g/mol. The van der Waals surface area contributed by atoms with Crippen molar-refractivity contribution in [3.8, 4) is 12.3 Å². The lowest BCUT2D eigenvalue weighted by atomic mass is 10.1. The fourth-order valence-corrected chi connectivity index (χ4v) is 1.22. The zero-order valence-corrected chi connectivity index (χ0v) is 8.88. The molecule has 0 aliphatic heterocycles. The summed E-state index contributed by atoms with van der Waals surface area (Å²) in [5, 5.41) is 3.36. The molecule has 1 rings (SSSR count). The van der Waals surface area contributed by atoms with Crippen molar-refractivity contribution >= 4 is 5.69 Å². The largest absolute Gasteiger partial charge is 0.385 e. The van der Waals surface area contributed by atoms with E-state index in [0.29, 0.717) is 0 Å². The first-order valence-electron chi connectivity index (χ1n) is 5.03. The third-order valence-electron chi connectivity index (χ3n) is 2.08. The maximum Gasteiger partial charge on any atom is 0.0352 e. The van der Waals surface area contributed by atoms with Gasteiger partial charge in [-0.05, 0) is 30.5 Å². The number of anilines is 1. The maximum atomic E-state index is 5.32. The molecule has 0 spiro atoms. The summed E-state index contributed by atoms with van der Waals surface area (Å²) in [7, 11) is 0. The van der Waals surface area contributed by atoms with Crippen LogP contribution in [0.5, 0.6) is 0 Å². The molecule has 0 atom stereocenters. The molecule has 14 heavy (non-hydrogen) atoms. The molecule has 1 aromatic carbocycles. The van der Waals surface area contributed by atoms with E-state index in [1.807, 2.05) is 24.3 Å². The highest BCUT2D eigenvalue weighted by Crippen LogP contribution is 2.10. The van der Waals surface area contributed by atoms with Gasteiger partial charge in [0.1, 0.15) is 0 Å². The van der Waals surface area contributed by atoms with Gasteiger partial charge in [0.05, 0.1) is 0 Å². The van der Waals surface area contributed by atoms with Gasteiger partial charge in [-0.15, -0.1) is 6.42 Å². The quantitative estimate of drug-likeness (QED) is 0.714. The predicted molar refractivity (Wildman–Crippen MR) is 62.3 cm³/mol. The lowest BCUT2D eigenvalue weighted by molar-refractivity contribution is 0.607. The Morgan fingerprint density at radius 3 is 2.86 bits per heavy atom. The van der Waals surface area contributed by atoms with Crippen molar-refractivity contribution in [3.63, 3.8) is 0 Å². The van der Waals surface area contributed by atoms with E-state index in [-0.39, 0.29) is 0 Å². The highest BCUT2D eigenvalue weighted by Gasteiger charge is 1.95. The number of terminal acetylenes is 1. The lowest BCUT2D eigenvalue weighted by Gasteiger charge is -2.08. The van der Waals surface area contributed by atoms with Crippen LogP contribution in [0, 0.1) is 18.3 Å². The molecule has 0 saturated carbocycles. The first kappa shape index (κ1) is 10.7. The smallest absolute Gasteiger partial charge is 0.0352 e. The van der Waals surface area contributed by atoms with Crippen LogP contribution >= 0.6 is 0 Å². The van der Waals surface area contributed by atoms with E-state index in [1.54, 1.807) is 0 Å². The third-order valence-corrected chi connectivity index (χ3v) is 2.08. The van der Waals surface area contributed by atoms with Crippen LogP contribution in [-0.2, 0) is 0 Å². The average Bonchev–Trinajstić information content (AvgIpc) is 2.18. The highest BCUT2D eigenvalue weighted by molar-refractivity contribution is 5.49. The number of rotatable bonds is 4. The minimum atomic E-state index is 0.735. The molecule has 0 aliphatic rings. The molecule has 0 amide bonds. The Morgan fingerprint density at radius 1 is 1.43 bits per heavy atom. The van der Waals surface area contributed by atoms with Crippen molar-refractivity contribution in [2.45, 2.75) is 20.3 Å². The minimum absolute atomic E-state index is 0.735. The van der Waals surface area contributed by atoms with Crippen molar-refractivity contribution in [2.75, 3.05) is 11.9 Å².